The number of hydrogen-bond acceptors (Lipinski definition) is 3. The van der Waals surface area contributed by atoms with Crippen molar-refractivity contribution in [3.05, 3.63) is 0 Å². The molecule has 3 heteroatoms. The normalized spacial score (nSPS) is 23.1. The van der Waals surface area contributed by atoms with Crippen LogP contribution in [0.1, 0.15) is 27.2 Å². The van der Waals surface area contributed by atoms with Gasteiger partial charge >= 0.3 is 0 Å². The zero-order valence-corrected chi connectivity index (χ0v) is 9.21. The molecule has 3 nitrogen and oxygen atoms in total. The maximum Gasteiger partial charge on any atom is 0.0455 e. The van der Waals surface area contributed by atoms with Crippen LogP contribution in [0.25, 0.3) is 0 Å². The minimum absolute atomic E-state index is 0.310. The van der Waals surface area contributed by atoms with Crippen LogP contribution < -0.4 is 5.73 Å². The molecule has 0 aromatic rings. The third-order valence-corrected chi connectivity index (χ3v) is 2.80. The van der Waals surface area contributed by atoms with Crippen LogP contribution in [0.2, 0.25) is 0 Å². The fourth-order valence-corrected chi connectivity index (χ4v) is 1.82. The molecule has 0 bridgehead atoms. The molecule has 1 aliphatic heterocycles. The predicted octanol–water partition coefficient (Wildman–Crippen LogP) is 0.709. The van der Waals surface area contributed by atoms with Gasteiger partial charge in [0.05, 0.1) is 0 Å². The zero-order chi connectivity index (χ0) is 9.90. The molecule has 1 saturated heterocycles. The van der Waals surface area contributed by atoms with E-state index in [1.54, 1.807) is 0 Å². The standard InChI is InChI=1S/C10H23N3/c1-10(2,3)13-6-4-5-12(9-11)7-8-13/h4-9,11H2,1-3H3. The molecule has 0 aromatic carbocycles. The first-order chi connectivity index (χ1) is 6.04. The van der Waals surface area contributed by atoms with E-state index >= 15 is 0 Å². The molecule has 2 N–H and O–H groups in total. The first-order valence-electron chi connectivity index (χ1n) is 5.21. The second kappa shape index (κ2) is 4.40. The Hall–Kier alpha value is -0.120. The van der Waals surface area contributed by atoms with Gasteiger partial charge in [0.15, 0.2) is 0 Å². The van der Waals surface area contributed by atoms with E-state index in [-0.39, 0.29) is 0 Å². The third-order valence-electron chi connectivity index (χ3n) is 2.80. The van der Waals surface area contributed by atoms with Crippen LogP contribution in [-0.2, 0) is 0 Å². The Bertz CT molecular complexity index is 151. The summed E-state index contributed by atoms with van der Waals surface area (Å²) in [7, 11) is 0. The predicted molar refractivity (Wildman–Crippen MR) is 56.6 cm³/mol. The van der Waals surface area contributed by atoms with Gasteiger partial charge in [-0.2, -0.15) is 0 Å². The highest BCUT2D eigenvalue weighted by molar-refractivity contribution is 4.79. The van der Waals surface area contributed by atoms with Crippen molar-refractivity contribution in [1.82, 2.24) is 9.80 Å². The SMILES string of the molecule is CC(C)(C)N1CCCN(CN)CC1. The average Bonchev–Trinajstić information content (AvgIpc) is 2.26. The summed E-state index contributed by atoms with van der Waals surface area (Å²) in [6.07, 6.45) is 1.24. The Morgan fingerprint density at radius 3 is 2.31 bits per heavy atom. The highest BCUT2D eigenvalue weighted by Crippen LogP contribution is 2.15. The minimum Gasteiger partial charge on any atom is -0.318 e. The summed E-state index contributed by atoms with van der Waals surface area (Å²) in [4.78, 5) is 4.87. The second-order valence-electron chi connectivity index (χ2n) is 4.81. The van der Waals surface area contributed by atoms with E-state index in [1.165, 1.54) is 13.0 Å². The fourth-order valence-electron chi connectivity index (χ4n) is 1.82. The molecule has 0 aliphatic carbocycles. The van der Waals surface area contributed by atoms with Crippen LogP contribution >= 0.6 is 0 Å². The van der Waals surface area contributed by atoms with Crippen LogP contribution in [0.15, 0.2) is 0 Å². The zero-order valence-electron chi connectivity index (χ0n) is 9.21. The van der Waals surface area contributed by atoms with Crippen LogP contribution in [-0.4, -0.2) is 48.2 Å². The molecule has 1 rings (SSSR count). The van der Waals surface area contributed by atoms with Crippen LogP contribution in [0.4, 0.5) is 0 Å². The summed E-state index contributed by atoms with van der Waals surface area (Å²) in [5.41, 5.74) is 5.94. The van der Waals surface area contributed by atoms with E-state index in [1.807, 2.05) is 0 Å². The minimum atomic E-state index is 0.310. The lowest BCUT2D eigenvalue weighted by atomic mass is 10.1. The number of nitrogens with two attached hydrogens (primary N) is 1. The highest BCUT2D eigenvalue weighted by atomic mass is 15.3. The topological polar surface area (TPSA) is 32.5 Å². The smallest absolute Gasteiger partial charge is 0.0455 e. The molecule has 0 spiro atoms. The summed E-state index contributed by atoms with van der Waals surface area (Å²) in [6, 6.07) is 0. The summed E-state index contributed by atoms with van der Waals surface area (Å²) >= 11 is 0. The van der Waals surface area contributed by atoms with Gasteiger partial charge in [0.1, 0.15) is 0 Å². The van der Waals surface area contributed by atoms with Crippen LogP contribution in [0.3, 0.4) is 0 Å². The van der Waals surface area contributed by atoms with Gasteiger partial charge in [-0.15, -0.1) is 0 Å². The fraction of sp³-hybridized carbons (Fsp3) is 1.00. The Balaban J connectivity index is 2.45. The van der Waals surface area contributed by atoms with Crippen molar-refractivity contribution in [2.75, 3.05) is 32.8 Å². The summed E-state index contributed by atoms with van der Waals surface area (Å²) in [6.45, 7) is 12.2. The molecule has 0 unspecified atom stereocenters. The molecule has 1 heterocycles. The lowest BCUT2D eigenvalue weighted by molar-refractivity contribution is 0.141. The second-order valence-corrected chi connectivity index (χ2v) is 4.81. The lowest BCUT2D eigenvalue weighted by Crippen LogP contribution is -2.43. The molecular formula is C10H23N3. The van der Waals surface area contributed by atoms with Crippen molar-refractivity contribution in [2.45, 2.75) is 32.7 Å². The van der Waals surface area contributed by atoms with Crippen LogP contribution in [0, 0.1) is 0 Å². The Morgan fingerprint density at radius 1 is 1.08 bits per heavy atom. The maximum absolute atomic E-state index is 5.63. The molecule has 0 atom stereocenters. The molecule has 0 radical (unpaired) electrons. The van der Waals surface area contributed by atoms with Crippen molar-refractivity contribution in [1.29, 1.82) is 0 Å². The Morgan fingerprint density at radius 2 is 1.77 bits per heavy atom. The van der Waals surface area contributed by atoms with E-state index in [0.717, 1.165) is 19.6 Å². The Kier molecular flexibility index (Phi) is 3.71. The molecule has 78 valence electrons. The first-order valence-corrected chi connectivity index (χ1v) is 5.21. The van der Waals surface area contributed by atoms with Gasteiger partial charge in [0.2, 0.25) is 0 Å². The van der Waals surface area contributed by atoms with Gasteiger partial charge in [0.25, 0.3) is 0 Å². The number of hydrogen-bond donors (Lipinski definition) is 1. The van der Waals surface area contributed by atoms with Crippen molar-refractivity contribution >= 4 is 0 Å². The largest absolute Gasteiger partial charge is 0.318 e. The summed E-state index contributed by atoms with van der Waals surface area (Å²) in [5, 5.41) is 0. The van der Waals surface area contributed by atoms with Crippen molar-refractivity contribution in [2.24, 2.45) is 5.73 Å². The van der Waals surface area contributed by atoms with Gasteiger partial charge in [0, 0.05) is 31.8 Å². The van der Waals surface area contributed by atoms with Crippen molar-refractivity contribution in [3.8, 4) is 0 Å². The van der Waals surface area contributed by atoms with Crippen molar-refractivity contribution in [3.63, 3.8) is 0 Å². The summed E-state index contributed by atoms with van der Waals surface area (Å²) < 4.78 is 0. The Labute approximate surface area is 81.9 Å². The van der Waals surface area contributed by atoms with E-state index in [4.69, 9.17) is 5.73 Å². The van der Waals surface area contributed by atoms with Crippen molar-refractivity contribution < 1.29 is 0 Å². The lowest BCUT2D eigenvalue weighted by Gasteiger charge is -2.34. The number of rotatable bonds is 1. The molecule has 0 aromatic heterocycles. The number of nitrogens with zero attached hydrogens (tertiary/aromatic N) is 2. The molecular weight excluding hydrogens is 162 g/mol. The molecule has 1 aliphatic rings. The molecule has 0 amide bonds. The average molecular weight is 185 g/mol. The molecule has 1 fully saturated rings. The van der Waals surface area contributed by atoms with E-state index < -0.39 is 0 Å². The van der Waals surface area contributed by atoms with E-state index in [0.29, 0.717) is 12.2 Å². The van der Waals surface area contributed by atoms with Gasteiger partial charge in [-0.25, -0.2) is 0 Å². The van der Waals surface area contributed by atoms with Gasteiger partial charge in [-0.05, 0) is 33.7 Å². The van der Waals surface area contributed by atoms with Gasteiger partial charge in [-0.1, -0.05) is 0 Å². The van der Waals surface area contributed by atoms with Gasteiger partial charge < -0.3 is 5.73 Å². The third kappa shape index (κ3) is 3.25. The van der Waals surface area contributed by atoms with Gasteiger partial charge in [-0.3, -0.25) is 9.80 Å². The van der Waals surface area contributed by atoms with E-state index in [2.05, 4.69) is 30.6 Å². The first kappa shape index (κ1) is 11.0. The molecule has 0 saturated carbocycles. The molecule has 13 heavy (non-hydrogen) atoms. The van der Waals surface area contributed by atoms with E-state index in [9.17, 15) is 0 Å². The highest BCUT2D eigenvalue weighted by Gasteiger charge is 2.23. The monoisotopic (exact) mass is 185 g/mol. The van der Waals surface area contributed by atoms with Crippen LogP contribution in [0.5, 0.6) is 0 Å². The maximum atomic E-state index is 5.63. The summed E-state index contributed by atoms with van der Waals surface area (Å²) in [5.74, 6) is 0. The quantitative estimate of drug-likeness (QED) is 0.653.